The SMILES string of the molecule is O=C(Cc1cc(F)ccc1F)N1CCCC(O)(C(F)(F)F)C1. The molecule has 1 aliphatic rings. The number of hydrogen-bond acceptors (Lipinski definition) is 2. The Bertz CT molecular complexity index is 575. The first kappa shape index (κ1) is 16.7. The number of piperidine rings is 1. The number of halogens is 5. The second kappa shape index (κ2) is 5.83. The third kappa shape index (κ3) is 3.37. The molecule has 0 spiro atoms. The zero-order valence-electron chi connectivity index (χ0n) is 11.5. The molecule has 0 aromatic heterocycles. The molecule has 1 heterocycles. The van der Waals surface area contributed by atoms with Gasteiger partial charge in [-0.1, -0.05) is 0 Å². The smallest absolute Gasteiger partial charge is 0.379 e. The number of nitrogens with zero attached hydrogens (tertiary/aromatic N) is 1. The standard InChI is InChI=1S/C14H14F5NO2/c15-10-2-3-11(16)9(6-10)7-12(21)20-5-1-4-13(22,8-20)14(17,18)19/h2-3,6,22H,1,4-5,7-8H2. The topological polar surface area (TPSA) is 40.5 Å². The predicted molar refractivity (Wildman–Crippen MR) is 66.9 cm³/mol. The number of alkyl halides is 3. The summed E-state index contributed by atoms with van der Waals surface area (Å²) in [7, 11) is 0. The summed E-state index contributed by atoms with van der Waals surface area (Å²) >= 11 is 0. The quantitative estimate of drug-likeness (QED) is 0.849. The van der Waals surface area contributed by atoms with Gasteiger partial charge in [-0.05, 0) is 31.0 Å². The van der Waals surface area contributed by atoms with Crippen LogP contribution in [-0.4, -0.2) is 40.8 Å². The lowest BCUT2D eigenvalue weighted by Gasteiger charge is -2.40. The maximum Gasteiger partial charge on any atom is 0.418 e. The van der Waals surface area contributed by atoms with Crippen molar-refractivity contribution in [1.29, 1.82) is 0 Å². The van der Waals surface area contributed by atoms with Crippen LogP contribution in [-0.2, 0) is 11.2 Å². The Labute approximate surface area is 123 Å². The molecule has 0 aliphatic carbocycles. The van der Waals surface area contributed by atoms with Gasteiger partial charge >= 0.3 is 6.18 Å². The molecule has 1 fully saturated rings. The van der Waals surface area contributed by atoms with Crippen LogP contribution >= 0.6 is 0 Å². The first-order valence-corrected chi connectivity index (χ1v) is 6.63. The van der Waals surface area contributed by atoms with E-state index in [0.29, 0.717) is 0 Å². The molecular weight excluding hydrogens is 309 g/mol. The minimum absolute atomic E-state index is 0.0205. The monoisotopic (exact) mass is 323 g/mol. The fourth-order valence-electron chi connectivity index (χ4n) is 2.43. The van der Waals surface area contributed by atoms with E-state index in [1.165, 1.54) is 0 Å². The van der Waals surface area contributed by atoms with Gasteiger partial charge in [0.05, 0.1) is 13.0 Å². The molecule has 1 saturated heterocycles. The molecule has 1 aromatic carbocycles. The summed E-state index contributed by atoms with van der Waals surface area (Å²) in [5.74, 6) is -2.33. The first-order chi connectivity index (χ1) is 10.1. The Morgan fingerprint density at radius 1 is 1.32 bits per heavy atom. The lowest BCUT2D eigenvalue weighted by atomic mass is 9.92. The number of β-amino-alcohol motifs (C(OH)–C–C–N with tert-alkyl or cyclic N) is 1. The van der Waals surface area contributed by atoms with Crippen molar-refractivity contribution in [2.75, 3.05) is 13.1 Å². The van der Waals surface area contributed by atoms with Crippen molar-refractivity contribution < 1.29 is 31.9 Å². The molecule has 0 bridgehead atoms. The van der Waals surface area contributed by atoms with Crippen molar-refractivity contribution in [2.24, 2.45) is 0 Å². The molecule has 22 heavy (non-hydrogen) atoms. The molecule has 0 saturated carbocycles. The van der Waals surface area contributed by atoms with Crippen LogP contribution in [0.25, 0.3) is 0 Å². The Morgan fingerprint density at radius 2 is 2.00 bits per heavy atom. The Balaban J connectivity index is 2.11. The highest BCUT2D eigenvalue weighted by atomic mass is 19.4. The second-order valence-corrected chi connectivity index (χ2v) is 5.36. The largest absolute Gasteiger partial charge is 0.418 e. The summed E-state index contributed by atoms with van der Waals surface area (Å²) in [6.45, 7) is -0.861. The zero-order valence-corrected chi connectivity index (χ0v) is 11.5. The van der Waals surface area contributed by atoms with Gasteiger partial charge in [-0.25, -0.2) is 8.78 Å². The van der Waals surface area contributed by atoms with E-state index in [4.69, 9.17) is 0 Å². The van der Waals surface area contributed by atoms with Crippen LogP contribution in [0.4, 0.5) is 22.0 Å². The predicted octanol–water partition coefficient (Wildman–Crippen LogP) is 2.42. The molecule has 1 unspecified atom stereocenters. The maximum atomic E-state index is 13.5. The van der Waals surface area contributed by atoms with E-state index >= 15 is 0 Å². The summed E-state index contributed by atoms with van der Waals surface area (Å²) in [6, 6.07) is 2.56. The molecule has 3 nitrogen and oxygen atoms in total. The number of hydrogen-bond donors (Lipinski definition) is 1. The first-order valence-electron chi connectivity index (χ1n) is 6.63. The van der Waals surface area contributed by atoms with Gasteiger partial charge in [0.15, 0.2) is 5.60 Å². The van der Waals surface area contributed by atoms with Crippen molar-refractivity contribution in [1.82, 2.24) is 4.90 Å². The molecule has 122 valence electrons. The number of likely N-dealkylation sites (tertiary alicyclic amines) is 1. The van der Waals surface area contributed by atoms with E-state index in [9.17, 15) is 31.9 Å². The second-order valence-electron chi connectivity index (χ2n) is 5.36. The van der Waals surface area contributed by atoms with Gasteiger partial charge in [0.1, 0.15) is 11.6 Å². The highest BCUT2D eigenvalue weighted by Gasteiger charge is 2.55. The number of amides is 1. The van der Waals surface area contributed by atoms with Gasteiger partial charge in [-0.15, -0.1) is 0 Å². The molecule has 1 aromatic rings. The Hall–Kier alpha value is -1.70. The Kier molecular flexibility index (Phi) is 4.42. The van der Waals surface area contributed by atoms with Gasteiger partial charge in [0.2, 0.25) is 5.91 Å². The minimum atomic E-state index is -4.85. The molecule has 8 heteroatoms. The van der Waals surface area contributed by atoms with Crippen molar-refractivity contribution in [3.8, 4) is 0 Å². The van der Waals surface area contributed by atoms with Crippen molar-refractivity contribution in [3.63, 3.8) is 0 Å². The summed E-state index contributed by atoms with van der Waals surface area (Å²) in [4.78, 5) is 12.8. The van der Waals surface area contributed by atoms with Crippen LogP contribution in [0.3, 0.4) is 0 Å². The van der Waals surface area contributed by atoms with Gasteiger partial charge < -0.3 is 10.0 Å². The molecule has 1 atom stereocenters. The van der Waals surface area contributed by atoms with Crippen LogP contribution in [0.1, 0.15) is 18.4 Å². The van der Waals surface area contributed by atoms with Crippen LogP contribution in [0.5, 0.6) is 0 Å². The van der Waals surface area contributed by atoms with E-state index in [-0.39, 0.29) is 18.5 Å². The van der Waals surface area contributed by atoms with Gasteiger partial charge in [0.25, 0.3) is 0 Å². The molecular formula is C14H14F5NO2. The number of carbonyl (C=O) groups excluding carboxylic acids is 1. The van der Waals surface area contributed by atoms with Crippen LogP contribution in [0.2, 0.25) is 0 Å². The number of aliphatic hydroxyl groups is 1. The molecule has 1 aliphatic heterocycles. The minimum Gasteiger partial charge on any atom is -0.379 e. The number of rotatable bonds is 2. The summed E-state index contributed by atoms with van der Waals surface area (Å²) < 4.78 is 64.9. The molecule has 0 radical (unpaired) electrons. The van der Waals surface area contributed by atoms with Gasteiger partial charge in [-0.2, -0.15) is 13.2 Å². The number of carbonyl (C=O) groups is 1. The summed E-state index contributed by atoms with van der Waals surface area (Å²) in [5.41, 5.74) is -3.19. The van der Waals surface area contributed by atoms with Gasteiger partial charge in [-0.3, -0.25) is 4.79 Å². The highest BCUT2D eigenvalue weighted by Crippen LogP contribution is 2.37. The lowest BCUT2D eigenvalue weighted by molar-refractivity contribution is -0.272. The van der Waals surface area contributed by atoms with Crippen LogP contribution in [0, 0.1) is 11.6 Å². The average molecular weight is 323 g/mol. The molecule has 1 amide bonds. The third-order valence-electron chi connectivity index (χ3n) is 3.70. The summed E-state index contributed by atoms with van der Waals surface area (Å²) in [5, 5.41) is 9.64. The van der Waals surface area contributed by atoms with E-state index in [2.05, 4.69) is 0 Å². The fraction of sp³-hybridized carbons (Fsp3) is 0.500. The van der Waals surface area contributed by atoms with E-state index in [1.54, 1.807) is 0 Å². The average Bonchev–Trinajstić information content (AvgIpc) is 2.41. The lowest BCUT2D eigenvalue weighted by Crippen LogP contribution is -2.58. The molecule has 1 N–H and O–H groups in total. The zero-order chi connectivity index (χ0) is 16.5. The van der Waals surface area contributed by atoms with Crippen molar-refractivity contribution in [3.05, 3.63) is 35.4 Å². The fourth-order valence-corrected chi connectivity index (χ4v) is 2.43. The van der Waals surface area contributed by atoms with Crippen LogP contribution < -0.4 is 0 Å². The third-order valence-corrected chi connectivity index (χ3v) is 3.70. The maximum absolute atomic E-state index is 13.5. The van der Waals surface area contributed by atoms with Crippen LogP contribution in [0.15, 0.2) is 18.2 Å². The van der Waals surface area contributed by atoms with Crippen molar-refractivity contribution in [2.45, 2.75) is 31.0 Å². The van der Waals surface area contributed by atoms with E-state index in [1.807, 2.05) is 0 Å². The normalized spacial score (nSPS) is 22.7. The number of benzene rings is 1. The highest BCUT2D eigenvalue weighted by molar-refractivity contribution is 5.79. The van der Waals surface area contributed by atoms with Gasteiger partial charge in [0, 0.05) is 12.1 Å². The van der Waals surface area contributed by atoms with E-state index in [0.717, 1.165) is 23.1 Å². The van der Waals surface area contributed by atoms with Crippen molar-refractivity contribution >= 4 is 5.91 Å². The Morgan fingerprint density at radius 3 is 2.64 bits per heavy atom. The summed E-state index contributed by atoms with van der Waals surface area (Å²) in [6.07, 6.45) is -5.92. The van der Waals surface area contributed by atoms with E-state index < -0.39 is 48.7 Å². The molecule has 2 rings (SSSR count).